The van der Waals surface area contributed by atoms with Gasteiger partial charge < -0.3 is 10.6 Å². The molecule has 1 heterocycles. The normalized spacial score (nSPS) is 14.2. The minimum Gasteiger partial charge on any atom is -0.326 e. The van der Waals surface area contributed by atoms with Crippen LogP contribution in [0.3, 0.4) is 0 Å². The van der Waals surface area contributed by atoms with Crippen molar-refractivity contribution in [2.75, 3.05) is 10.6 Å². The van der Waals surface area contributed by atoms with Crippen LogP contribution in [0, 0.1) is 11.7 Å². The molecule has 172 valence electrons. The molecule has 1 saturated carbocycles. The fraction of sp³-hybridized carbons (Fsp3) is 0.333. The molecule has 1 aliphatic carbocycles. The summed E-state index contributed by atoms with van der Waals surface area (Å²) in [4.78, 5) is 51.4. The fourth-order valence-corrected chi connectivity index (χ4v) is 4.20. The number of para-hydroxylation sites is 1. The van der Waals surface area contributed by atoms with E-state index in [2.05, 4.69) is 15.6 Å². The highest BCUT2D eigenvalue weighted by Gasteiger charge is 2.22. The SMILES string of the molecule is O=C(CCn1c(=O)[nH]c(=O)c2ccccc21)Nc1ccc(F)c(NC(=O)C2CCCCC2)c1. The number of rotatable bonds is 6. The zero-order valence-electron chi connectivity index (χ0n) is 18.0. The lowest BCUT2D eigenvalue weighted by atomic mass is 9.88. The number of amides is 2. The van der Waals surface area contributed by atoms with Gasteiger partial charge in [0.25, 0.3) is 5.56 Å². The predicted molar refractivity (Wildman–Crippen MR) is 124 cm³/mol. The number of hydrogen-bond acceptors (Lipinski definition) is 4. The number of anilines is 2. The maximum atomic E-state index is 14.2. The van der Waals surface area contributed by atoms with E-state index < -0.39 is 23.0 Å². The molecule has 1 aliphatic rings. The van der Waals surface area contributed by atoms with Gasteiger partial charge in [0.15, 0.2) is 0 Å². The van der Waals surface area contributed by atoms with Crippen LogP contribution in [0.4, 0.5) is 15.8 Å². The molecule has 4 rings (SSSR count). The van der Waals surface area contributed by atoms with E-state index in [9.17, 15) is 23.6 Å². The molecule has 2 amide bonds. The number of halogens is 1. The van der Waals surface area contributed by atoms with E-state index in [1.165, 1.54) is 22.8 Å². The molecule has 1 aromatic heterocycles. The van der Waals surface area contributed by atoms with Gasteiger partial charge in [-0.1, -0.05) is 31.4 Å². The Morgan fingerprint density at radius 1 is 1.03 bits per heavy atom. The molecular formula is C24H25FN4O4. The number of fused-ring (bicyclic) bond motifs is 1. The number of nitrogens with one attached hydrogen (secondary N) is 3. The quantitative estimate of drug-likeness (QED) is 0.532. The lowest BCUT2D eigenvalue weighted by molar-refractivity contribution is -0.120. The van der Waals surface area contributed by atoms with Gasteiger partial charge in [-0.05, 0) is 43.2 Å². The lowest BCUT2D eigenvalue weighted by Gasteiger charge is -2.21. The number of H-pyrrole nitrogens is 1. The van der Waals surface area contributed by atoms with Crippen molar-refractivity contribution >= 4 is 34.1 Å². The third kappa shape index (κ3) is 5.19. The predicted octanol–water partition coefficient (Wildman–Crippen LogP) is 3.38. The van der Waals surface area contributed by atoms with Gasteiger partial charge in [0.2, 0.25) is 11.8 Å². The summed E-state index contributed by atoms with van der Waals surface area (Å²) in [5.74, 6) is -1.31. The van der Waals surface area contributed by atoms with E-state index in [0.717, 1.165) is 32.1 Å². The molecule has 33 heavy (non-hydrogen) atoms. The second-order valence-electron chi connectivity index (χ2n) is 8.25. The number of carbonyl (C=O) groups excluding carboxylic acids is 2. The Kier molecular flexibility index (Phi) is 6.67. The van der Waals surface area contributed by atoms with Crippen molar-refractivity contribution in [1.82, 2.24) is 9.55 Å². The summed E-state index contributed by atoms with van der Waals surface area (Å²) in [6.07, 6.45) is 4.64. The van der Waals surface area contributed by atoms with Gasteiger partial charge in [0, 0.05) is 24.6 Å². The van der Waals surface area contributed by atoms with Gasteiger partial charge in [-0.2, -0.15) is 0 Å². The van der Waals surface area contributed by atoms with Crippen LogP contribution in [0.1, 0.15) is 38.5 Å². The molecule has 3 aromatic rings. The highest BCUT2D eigenvalue weighted by molar-refractivity contribution is 5.95. The van der Waals surface area contributed by atoms with Crippen molar-refractivity contribution in [1.29, 1.82) is 0 Å². The molecule has 0 radical (unpaired) electrons. The smallest absolute Gasteiger partial charge is 0.326 e. The summed E-state index contributed by atoms with van der Waals surface area (Å²) in [7, 11) is 0. The van der Waals surface area contributed by atoms with Crippen LogP contribution in [-0.2, 0) is 16.1 Å². The van der Waals surface area contributed by atoms with Crippen LogP contribution in [0.5, 0.6) is 0 Å². The number of benzene rings is 2. The van der Waals surface area contributed by atoms with E-state index in [-0.39, 0.29) is 30.5 Å². The Morgan fingerprint density at radius 3 is 2.58 bits per heavy atom. The maximum Gasteiger partial charge on any atom is 0.328 e. The molecule has 0 saturated heterocycles. The topological polar surface area (TPSA) is 113 Å². The second-order valence-corrected chi connectivity index (χ2v) is 8.25. The minimum atomic E-state index is -0.596. The fourth-order valence-electron chi connectivity index (χ4n) is 4.20. The highest BCUT2D eigenvalue weighted by atomic mass is 19.1. The molecular weight excluding hydrogens is 427 g/mol. The Labute approximate surface area is 188 Å². The van der Waals surface area contributed by atoms with E-state index in [0.29, 0.717) is 16.6 Å². The standard InChI is InChI=1S/C24H25FN4O4/c25-18-11-10-16(14-19(18)27-22(31)15-6-2-1-3-7-15)26-21(30)12-13-29-20-9-5-4-8-17(20)23(32)28-24(29)33/h4-5,8-11,14-15H,1-3,6-7,12-13H2,(H,26,30)(H,27,31)(H,28,32,33). The molecule has 0 atom stereocenters. The van der Waals surface area contributed by atoms with Crippen molar-refractivity contribution in [2.45, 2.75) is 45.1 Å². The average molecular weight is 452 g/mol. The van der Waals surface area contributed by atoms with Crippen molar-refractivity contribution in [3.63, 3.8) is 0 Å². The minimum absolute atomic E-state index is 0.0196. The number of aryl methyl sites for hydroxylation is 1. The Morgan fingerprint density at radius 2 is 1.79 bits per heavy atom. The summed E-state index contributed by atoms with van der Waals surface area (Å²) in [6.45, 7) is 0.0500. The van der Waals surface area contributed by atoms with E-state index in [1.54, 1.807) is 24.3 Å². The summed E-state index contributed by atoms with van der Waals surface area (Å²) >= 11 is 0. The second kappa shape index (κ2) is 9.81. The van der Waals surface area contributed by atoms with Crippen LogP contribution in [0.15, 0.2) is 52.1 Å². The largest absolute Gasteiger partial charge is 0.328 e. The summed E-state index contributed by atoms with van der Waals surface area (Å²) in [5, 5.41) is 5.66. The number of carbonyl (C=O) groups is 2. The van der Waals surface area contributed by atoms with Crippen molar-refractivity contribution in [3.05, 3.63) is 69.1 Å². The number of aromatic amines is 1. The van der Waals surface area contributed by atoms with Crippen LogP contribution < -0.4 is 21.9 Å². The zero-order chi connectivity index (χ0) is 23.4. The number of hydrogen-bond donors (Lipinski definition) is 3. The Bertz CT molecular complexity index is 1310. The molecule has 1 fully saturated rings. The lowest BCUT2D eigenvalue weighted by Crippen LogP contribution is -2.31. The number of aromatic nitrogens is 2. The van der Waals surface area contributed by atoms with Gasteiger partial charge in [0.1, 0.15) is 5.82 Å². The maximum absolute atomic E-state index is 14.2. The van der Waals surface area contributed by atoms with E-state index >= 15 is 0 Å². The van der Waals surface area contributed by atoms with Gasteiger partial charge in [-0.25, -0.2) is 9.18 Å². The van der Waals surface area contributed by atoms with E-state index in [4.69, 9.17) is 0 Å². The molecule has 0 unspecified atom stereocenters. The molecule has 8 nitrogen and oxygen atoms in total. The molecule has 0 bridgehead atoms. The van der Waals surface area contributed by atoms with Gasteiger partial charge in [0.05, 0.1) is 16.6 Å². The van der Waals surface area contributed by atoms with Crippen LogP contribution in [0.25, 0.3) is 10.9 Å². The van der Waals surface area contributed by atoms with Crippen molar-refractivity contribution in [3.8, 4) is 0 Å². The first-order valence-electron chi connectivity index (χ1n) is 11.0. The summed E-state index contributed by atoms with van der Waals surface area (Å²) in [6, 6.07) is 10.6. The van der Waals surface area contributed by atoms with Crippen LogP contribution in [-0.4, -0.2) is 21.4 Å². The molecule has 3 N–H and O–H groups in total. The van der Waals surface area contributed by atoms with Crippen LogP contribution >= 0.6 is 0 Å². The average Bonchev–Trinajstić information content (AvgIpc) is 2.81. The van der Waals surface area contributed by atoms with Crippen LogP contribution in [0.2, 0.25) is 0 Å². The summed E-state index contributed by atoms with van der Waals surface area (Å²) in [5.41, 5.74) is -0.287. The Hall–Kier alpha value is -3.75. The molecule has 0 aliphatic heterocycles. The molecule has 0 spiro atoms. The first-order chi connectivity index (χ1) is 15.9. The number of nitrogens with zero attached hydrogens (tertiary/aromatic N) is 1. The summed E-state index contributed by atoms with van der Waals surface area (Å²) < 4.78 is 15.6. The third-order valence-electron chi connectivity index (χ3n) is 5.95. The van der Waals surface area contributed by atoms with Crippen molar-refractivity contribution < 1.29 is 14.0 Å². The highest BCUT2D eigenvalue weighted by Crippen LogP contribution is 2.26. The third-order valence-corrected chi connectivity index (χ3v) is 5.95. The van der Waals surface area contributed by atoms with Gasteiger partial charge in [-0.15, -0.1) is 0 Å². The zero-order valence-corrected chi connectivity index (χ0v) is 18.0. The monoisotopic (exact) mass is 452 g/mol. The molecule has 9 heteroatoms. The van der Waals surface area contributed by atoms with Gasteiger partial charge >= 0.3 is 5.69 Å². The first kappa shape index (κ1) is 22.4. The van der Waals surface area contributed by atoms with Gasteiger partial charge in [-0.3, -0.25) is 23.9 Å². The van der Waals surface area contributed by atoms with E-state index in [1.807, 2.05) is 0 Å². The molecule has 2 aromatic carbocycles. The van der Waals surface area contributed by atoms with Crippen molar-refractivity contribution in [2.24, 2.45) is 5.92 Å². The Balaban J connectivity index is 1.43. The first-order valence-corrected chi connectivity index (χ1v) is 11.0.